The van der Waals surface area contributed by atoms with Crippen molar-refractivity contribution >= 4 is 11.8 Å². The van der Waals surface area contributed by atoms with E-state index in [1.54, 1.807) is 24.3 Å². The molecule has 0 fully saturated rings. The van der Waals surface area contributed by atoms with Gasteiger partial charge in [-0.15, -0.1) is 0 Å². The van der Waals surface area contributed by atoms with Gasteiger partial charge in [0.05, 0.1) is 12.7 Å². The van der Waals surface area contributed by atoms with Crippen LogP contribution in [0.1, 0.15) is 40.5 Å². The minimum Gasteiger partial charge on any atom is -0.465 e. The second kappa shape index (κ2) is 9.48. The highest BCUT2D eigenvalue weighted by molar-refractivity contribution is 5.95. The van der Waals surface area contributed by atoms with Crippen molar-refractivity contribution in [3.63, 3.8) is 0 Å². The lowest BCUT2D eigenvalue weighted by Gasteiger charge is -1.96. The topological polar surface area (TPSA) is 43.4 Å². The Morgan fingerprint density at radius 2 is 1.33 bits per heavy atom. The molecule has 0 amide bonds. The molecule has 0 N–H and O–H groups in total. The fourth-order valence-electron chi connectivity index (χ4n) is 1.69. The summed E-state index contributed by atoms with van der Waals surface area (Å²) in [5, 5.41) is 0. The molecule has 0 saturated carbocycles. The number of hydrogen-bond donors (Lipinski definition) is 0. The Labute approximate surface area is 125 Å². The molecule has 2 aromatic rings. The smallest absolute Gasteiger partial charge is 0.337 e. The molecule has 0 saturated heterocycles. The summed E-state index contributed by atoms with van der Waals surface area (Å²) >= 11 is 0. The second-order valence-electron chi connectivity index (χ2n) is 4.40. The zero-order valence-electron chi connectivity index (χ0n) is 12.4. The summed E-state index contributed by atoms with van der Waals surface area (Å²) in [7, 11) is 1.37. The summed E-state index contributed by atoms with van der Waals surface area (Å²) in [6, 6.07) is 18.3. The Morgan fingerprint density at radius 1 is 0.857 bits per heavy atom. The Morgan fingerprint density at radius 3 is 1.76 bits per heavy atom. The maximum atomic E-state index is 11.2. The fourth-order valence-corrected chi connectivity index (χ4v) is 1.69. The van der Waals surface area contributed by atoms with Crippen LogP contribution in [0.4, 0.5) is 0 Å². The van der Waals surface area contributed by atoms with Gasteiger partial charge in [-0.05, 0) is 18.6 Å². The first-order chi connectivity index (χ1) is 10.2. The third-order valence-corrected chi connectivity index (χ3v) is 2.77. The van der Waals surface area contributed by atoms with Gasteiger partial charge >= 0.3 is 5.97 Å². The SMILES string of the molecule is CCCC(=O)c1ccccc1.COC(=O)c1ccccc1. The number of methoxy groups -OCH3 is 1. The van der Waals surface area contributed by atoms with Gasteiger partial charge < -0.3 is 4.74 Å². The zero-order valence-corrected chi connectivity index (χ0v) is 12.4. The van der Waals surface area contributed by atoms with Crippen LogP contribution in [0.5, 0.6) is 0 Å². The van der Waals surface area contributed by atoms with Crippen LogP contribution < -0.4 is 0 Å². The maximum absolute atomic E-state index is 11.2. The van der Waals surface area contributed by atoms with E-state index in [4.69, 9.17) is 0 Å². The molecular weight excluding hydrogens is 264 g/mol. The monoisotopic (exact) mass is 284 g/mol. The number of ether oxygens (including phenoxy) is 1. The molecule has 0 aliphatic carbocycles. The van der Waals surface area contributed by atoms with E-state index in [9.17, 15) is 9.59 Å². The highest BCUT2D eigenvalue weighted by Gasteiger charge is 2.01. The van der Waals surface area contributed by atoms with Crippen molar-refractivity contribution in [2.45, 2.75) is 19.8 Å². The summed E-state index contributed by atoms with van der Waals surface area (Å²) in [4.78, 5) is 22.0. The molecule has 3 nitrogen and oxygen atoms in total. The van der Waals surface area contributed by atoms with E-state index in [1.165, 1.54) is 7.11 Å². The van der Waals surface area contributed by atoms with Crippen molar-refractivity contribution in [3.05, 3.63) is 71.8 Å². The quantitative estimate of drug-likeness (QED) is 0.626. The Kier molecular flexibility index (Phi) is 7.51. The summed E-state index contributed by atoms with van der Waals surface area (Å²) in [5.74, 6) is -0.0475. The van der Waals surface area contributed by atoms with Gasteiger partial charge in [0, 0.05) is 12.0 Å². The van der Waals surface area contributed by atoms with Crippen LogP contribution in [0.2, 0.25) is 0 Å². The molecular formula is C18H20O3. The lowest BCUT2D eigenvalue weighted by Crippen LogP contribution is -1.99. The predicted molar refractivity (Wildman–Crippen MR) is 83.5 cm³/mol. The molecule has 110 valence electrons. The van der Waals surface area contributed by atoms with Gasteiger partial charge in [-0.25, -0.2) is 4.79 Å². The standard InChI is InChI=1S/C10H12O.C8H8O2/c1-2-6-10(11)9-7-4-3-5-8-9;1-10-8(9)7-5-3-2-4-6-7/h3-5,7-8H,2,6H2,1H3;2-6H,1H3. The molecule has 3 heteroatoms. The van der Waals surface area contributed by atoms with Crippen LogP contribution >= 0.6 is 0 Å². The molecule has 0 aromatic heterocycles. The third-order valence-electron chi connectivity index (χ3n) is 2.77. The largest absolute Gasteiger partial charge is 0.465 e. The van der Waals surface area contributed by atoms with Crippen molar-refractivity contribution in [1.29, 1.82) is 0 Å². The third kappa shape index (κ3) is 6.04. The average Bonchev–Trinajstić information content (AvgIpc) is 2.56. The molecule has 2 aromatic carbocycles. The minimum absolute atomic E-state index is 0.244. The molecule has 0 bridgehead atoms. The van der Waals surface area contributed by atoms with E-state index in [-0.39, 0.29) is 11.8 Å². The molecule has 0 heterocycles. The van der Waals surface area contributed by atoms with Gasteiger partial charge in [0.15, 0.2) is 5.78 Å². The van der Waals surface area contributed by atoms with E-state index in [0.29, 0.717) is 12.0 Å². The van der Waals surface area contributed by atoms with Crippen molar-refractivity contribution in [3.8, 4) is 0 Å². The number of esters is 1. The highest BCUT2D eigenvalue weighted by Crippen LogP contribution is 2.03. The average molecular weight is 284 g/mol. The lowest BCUT2D eigenvalue weighted by atomic mass is 10.1. The summed E-state index contributed by atoms with van der Waals surface area (Å²) in [6.45, 7) is 2.01. The van der Waals surface area contributed by atoms with Crippen LogP contribution in [-0.4, -0.2) is 18.9 Å². The molecule has 0 atom stereocenters. The van der Waals surface area contributed by atoms with Crippen LogP contribution in [-0.2, 0) is 4.74 Å². The molecule has 0 radical (unpaired) electrons. The van der Waals surface area contributed by atoms with Crippen molar-refractivity contribution in [1.82, 2.24) is 0 Å². The molecule has 2 rings (SSSR count). The van der Waals surface area contributed by atoms with Gasteiger partial charge in [0.25, 0.3) is 0 Å². The zero-order chi connectivity index (χ0) is 15.5. The second-order valence-corrected chi connectivity index (χ2v) is 4.40. The lowest BCUT2D eigenvalue weighted by molar-refractivity contribution is 0.0600. The van der Waals surface area contributed by atoms with Gasteiger partial charge in [-0.3, -0.25) is 4.79 Å². The fraction of sp³-hybridized carbons (Fsp3) is 0.222. The molecule has 0 aliphatic heterocycles. The van der Waals surface area contributed by atoms with Crippen LogP contribution in [0.3, 0.4) is 0 Å². The summed E-state index contributed by atoms with van der Waals surface area (Å²) in [5.41, 5.74) is 1.42. The summed E-state index contributed by atoms with van der Waals surface area (Å²) < 4.78 is 4.50. The number of ketones is 1. The first-order valence-electron chi connectivity index (χ1n) is 6.90. The maximum Gasteiger partial charge on any atom is 0.337 e. The predicted octanol–water partition coefficient (Wildman–Crippen LogP) is 4.14. The van der Waals surface area contributed by atoms with Crippen molar-refractivity contribution in [2.75, 3.05) is 7.11 Å². The minimum atomic E-state index is -0.291. The van der Waals surface area contributed by atoms with E-state index in [2.05, 4.69) is 4.74 Å². The van der Waals surface area contributed by atoms with E-state index in [0.717, 1.165) is 12.0 Å². The van der Waals surface area contributed by atoms with E-state index in [1.807, 2.05) is 43.3 Å². The first-order valence-corrected chi connectivity index (χ1v) is 6.90. The number of hydrogen-bond acceptors (Lipinski definition) is 3. The normalized spacial score (nSPS) is 9.24. The number of rotatable bonds is 4. The van der Waals surface area contributed by atoms with Crippen molar-refractivity contribution < 1.29 is 14.3 Å². The van der Waals surface area contributed by atoms with Crippen LogP contribution in [0, 0.1) is 0 Å². The number of carbonyl (C=O) groups is 2. The molecule has 21 heavy (non-hydrogen) atoms. The van der Waals surface area contributed by atoms with Gasteiger partial charge in [-0.1, -0.05) is 55.5 Å². The molecule has 0 spiro atoms. The van der Waals surface area contributed by atoms with E-state index >= 15 is 0 Å². The number of Topliss-reactive ketones (excluding diaryl/α,β-unsaturated/α-hetero) is 1. The molecule has 0 unspecified atom stereocenters. The highest BCUT2D eigenvalue weighted by atomic mass is 16.5. The van der Waals surface area contributed by atoms with Crippen LogP contribution in [0.15, 0.2) is 60.7 Å². The Bertz CT molecular complexity index is 547. The number of benzene rings is 2. The van der Waals surface area contributed by atoms with Gasteiger partial charge in [0.2, 0.25) is 0 Å². The Balaban J connectivity index is 0.000000211. The van der Waals surface area contributed by atoms with Crippen molar-refractivity contribution in [2.24, 2.45) is 0 Å². The molecule has 0 aliphatic rings. The van der Waals surface area contributed by atoms with Gasteiger partial charge in [0.1, 0.15) is 0 Å². The first kappa shape index (κ1) is 16.6. The number of carbonyl (C=O) groups excluding carboxylic acids is 2. The summed E-state index contributed by atoms with van der Waals surface area (Å²) in [6.07, 6.45) is 1.58. The van der Waals surface area contributed by atoms with Gasteiger partial charge in [-0.2, -0.15) is 0 Å². The Hall–Kier alpha value is -2.42. The van der Waals surface area contributed by atoms with Crippen LogP contribution in [0.25, 0.3) is 0 Å². The van der Waals surface area contributed by atoms with E-state index < -0.39 is 0 Å².